The molecule has 1 saturated carbocycles. The Hall–Kier alpha value is -0.840. The van der Waals surface area contributed by atoms with E-state index in [9.17, 15) is 0 Å². The fourth-order valence-electron chi connectivity index (χ4n) is 3.57. The molecular formula is C16H20ClN3S. The highest BCUT2D eigenvalue weighted by atomic mass is 35.5. The van der Waals surface area contributed by atoms with Crippen LogP contribution in [0.4, 0.5) is 5.13 Å². The first kappa shape index (κ1) is 13.8. The van der Waals surface area contributed by atoms with Crippen LogP contribution in [-0.2, 0) is 0 Å². The molecule has 1 aliphatic carbocycles. The zero-order valence-electron chi connectivity index (χ0n) is 12.1. The Morgan fingerprint density at radius 1 is 1.10 bits per heavy atom. The van der Waals surface area contributed by atoms with Crippen molar-refractivity contribution in [3.63, 3.8) is 0 Å². The van der Waals surface area contributed by atoms with E-state index in [-0.39, 0.29) is 0 Å². The molecule has 5 heteroatoms. The number of anilines is 1. The molecule has 0 N–H and O–H groups in total. The molecule has 1 aliphatic heterocycles. The van der Waals surface area contributed by atoms with Crippen LogP contribution >= 0.6 is 22.9 Å². The van der Waals surface area contributed by atoms with Crippen molar-refractivity contribution in [3.8, 4) is 0 Å². The molecule has 0 spiro atoms. The third-order valence-electron chi connectivity index (χ3n) is 4.77. The van der Waals surface area contributed by atoms with E-state index in [2.05, 4.69) is 9.80 Å². The standard InChI is InChI=1S/C16H20ClN3S/c17-12-5-6-14-15(11-12)21-16(18-14)20-9-7-19(8-10-20)13-3-1-2-4-13/h5-6,11,13H,1-4,7-10H2. The van der Waals surface area contributed by atoms with Crippen LogP contribution in [0.15, 0.2) is 18.2 Å². The number of piperazine rings is 1. The highest BCUT2D eigenvalue weighted by molar-refractivity contribution is 7.22. The van der Waals surface area contributed by atoms with E-state index in [1.807, 2.05) is 18.2 Å². The minimum absolute atomic E-state index is 0.795. The molecule has 21 heavy (non-hydrogen) atoms. The summed E-state index contributed by atoms with van der Waals surface area (Å²) >= 11 is 7.83. The Morgan fingerprint density at radius 2 is 1.86 bits per heavy atom. The Labute approximate surface area is 134 Å². The molecular weight excluding hydrogens is 302 g/mol. The lowest BCUT2D eigenvalue weighted by molar-refractivity contribution is 0.187. The van der Waals surface area contributed by atoms with Gasteiger partial charge in [0, 0.05) is 37.2 Å². The quantitative estimate of drug-likeness (QED) is 0.833. The van der Waals surface area contributed by atoms with Crippen molar-refractivity contribution < 1.29 is 0 Å². The molecule has 0 amide bonds. The summed E-state index contributed by atoms with van der Waals surface area (Å²) in [5, 5.41) is 1.95. The molecule has 1 aromatic carbocycles. The molecule has 1 saturated heterocycles. The van der Waals surface area contributed by atoms with Gasteiger partial charge in [0.1, 0.15) is 0 Å². The predicted molar refractivity (Wildman–Crippen MR) is 90.7 cm³/mol. The monoisotopic (exact) mass is 321 g/mol. The molecule has 2 heterocycles. The summed E-state index contributed by atoms with van der Waals surface area (Å²) in [5.41, 5.74) is 1.07. The summed E-state index contributed by atoms with van der Waals surface area (Å²) in [6.07, 6.45) is 5.65. The highest BCUT2D eigenvalue weighted by Gasteiger charge is 2.27. The van der Waals surface area contributed by atoms with E-state index in [0.717, 1.165) is 34.8 Å². The lowest BCUT2D eigenvalue weighted by Gasteiger charge is -2.37. The van der Waals surface area contributed by atoms with Crippen molar-refractivity contribution in [3.05, 3.63) is 23.2 Å². The molecule has 4 rings (SSSR count). The van der Waals surface area contributed by atoms with E-state index in [1.165, 1.54) is 43.5 Å². The Bertz CT molecular complexity index is 627. The molecule has 2 aromatic rings. The minimum Gasteiger partial charge on any atom is -0.345 e. The summed E-state index contributed by atoms with van der Waals surface area (Å²) in [5.74, 6) is 0. The van der Waals surface area contributed by atoms with Gasteiger partial charge in [0.25, 0.3) is 0 Å². The van der Waals surface area contributed by atoms with Crippen molar-refractivity contribution >= 4 is 38.3 Å². The van der Waals surface area contributed by atoms with Crippen molar-refractivity contribution in [1.82, 2.24) is 9.88 Å². The lowest BCUT2D eigenvalue weighted by Crippen LogP contribution is -2.49. The molecule has 2 aliphatic rings. The Morgan fingerprint density at radius 3 is 2.62 bits per heavy atom. The summed E-state index contributed by atoms with van der Waals surface area (Å²) in [6.45, 7) is 4.57. The van der Waals surface area contributed by atoms with E-state index < -0.39 is 0 Å². The van der Waals surface area contributed by atoms with Gasteiger partial charge in [-0.25, -0.2) is 4.98 Å². The summed E-state index contributed by atoms with van der Waals surface area (Å²) in [4.78, 5) is 9.89. The number of halogens is 1. The second-order valence-electron chi connectivity index (χ2n) is 6.07. The number of thiazole rings is 1. The number of hydrogen-bond acceptors (Lipinski definition) is 4. The second kappa shape index (κ2) is 5.75. The Kier molecular flexibility index (Phi) is 3.78. The van der Waals surface area contributed by atoms with E-state index in [0.29, 0.717) is 0 Å². The smallest absolute Gasteiger partial charge is 0.186 e. The normalized spacial score (nSPS) is 21.5. The van der Waals surface area contributed by atoms with Crippen LogP contribution in [0.25, 0.3) is 10.2 Å². The number of nitrogens with zero attached hydrogens (tertiary/aromatic N) is 3. The maximum atomic E-state index is 6.06. The highest BCUT2D eigenvalue weighted by Crippen LogP contribution is 2.32. The molecule has 2 fully saturated rings. The number of rotatable bonds is 2. The molecule has 112 valence electrons. The van der Waals surface area contributed by atoms with Crippen LogP contribution in [0.2, 0.25) is 5.02 Å². The van der Waals surface area contributed by atoms with E-state index in [1.54, 1.807) is 11.3 Å². The third kappa shape index (κ3) is 2.77. The van der Waals surface area contributed by atoms with Gasteiger partial charge in [-0.1, -0.05) is 35.8 Å². The topological polar surface area (TPSA) is 19.4 Å². The number of aromatic nitrogens is 1. The molecule has 3 nitrogen and oxygen atoms in total. The van der Waals surface area contributed by atoms with Crippen LogP contribution in [0, 0.1) is 0 Å². The average Bonchev–Trinajstić information content (AvgIpc) is 3.16. The maximum absolute atomic E-state index is 6.06. The van der Waals surface area contributed by atoms with Gasteiger partial charge in [0.15, 0.2) is 5.13 Å². The lowest BCUT2D eigenvalue weighted by atomic mass is 10.2. The van der Waals surface area contributed by atoms with Crippen molar-refractivity contribution in [1.29, 1.82) is 0 Å². The fraction of sp³-hybridized carbons (Fsp3) is 0.562. The van der Waals surface area contributed by atoms with E-state index >= 15 is 0 Å². The zero-order chi connectivity index (χ0) is 14.2. The van der Waals surface area contributed by atoms with Gasteiger partial charge in [0.05, 0.1) is 10.2 Å². The first-order chi connectivity index (χ1) is 10.3. The van der Waals surface area contributed by atoms with Gasteiger partial charge in [-0.05, 0) is 31.0 Å². The summed E-state index contributed by atoms with van der Waals surface area (Å²) < 4.78 is 1.19. The molecule has 0 bridgehead atoms. The summed E-state index contributed by atoms with van der Waals surface area (Å²) in [7, 11) is 0. The maximum Gasteiger partial charge on any atom is 0.186 e. The molecule has 0 radical (unpaired) electrons. The van der Waals surface area contributed by atoms with Gasteiger partial charge in [-0.15, -0.1) is 0 Å². The average molecular weight is 322 g/mol. The van der Waals surface area contributed by atoms with Crippen molar-refractivity contribution in [2.24, 2.45) is 0 Å². The number of fused-ring (bicyclic) bond motifs is 1. The van der Waals surface area contributed by atoms with Crippen LogP contribution in [0.1, 0.15) is 25.7 Å². The van der Waals surface area contributed by atoms with Gasteiger partial charge >= 0.3 is 0 Å². The van der Waals surface area contributed by atoms with Crippen LogP contribution in [0.5, 0.6) is 0 Å². The zero-order valence-corrected chi connectivity index (χ0v) is 13.7. The molecule has 0 atom stereocenters. The summed E-state index contributed by atoms with van der Waals surface area (Å²) in [6, 6.07) is 6.81. The third-order valence-corrected chi connectivity index (χ3v) is 6.08. The first-order valence-corrected chi connectivity index (χ1v) is 9.04. The van der Waals surface area contributed by atoms with Crippen LogP contribution in [-0.4, -0.2) is 42.1 Å². The van der Waals surface area contributed by atoms with Gasteiger partial charge in [0.2, 0.25) is 0 Å². The van der Waals surface area contributed by atoms with Crippen LogP contribution < -0.4 is 4.90 Å². The van der Waals surface area contributed by atoms with E-state index in [4.69, 9.17) is 16.6 Å². The SMILES string of the molecule is Clc1ccc2nc(N3CCN(C4CCCC4)CC3)sc2c1. The number of benzene rings is 1. The van der Waals surface area contributed by atoms with Gasteiger partial charge < -0.3 is 4.90 Å². The first-order valence-electron chi connectivity index (χ1n) is 7.85. The van der Waals surface area contributed by atoms with Crippen molar-refractivity contribution in [2.45, 2.75) is 31.7 Å². The predicted octanol–water partition coefficient (Wildman–Crippen LogP) is 4.01. The second-order valence-corrected chi connectivity index (χ2v) is 7.52. The number of hydrogen-bond donors (Lipinski definition) is 0. The minimum atomic E-state index is 0.795. The molecule has 0 unspecified atom stereocenters. The van der Waals surface area contributed by atoms with Gasteiger partial charge in [-0.3, -0.25) is 4.90 Å². The van der Waals surface area contributed by atoms with Gasteiger partial charge in [-0.2, -0.15) is 0 Å². The molecule has 1 aromatic heterocycles. The van der Waals surface area contributed by atoms with Crippen molar-refractivity contribution in [2.75, 3.05) is 31.1 Å². The largest absolute Gasteiger partial charge is 0.345 e. The Balaban J connectivity index is 1.46. The van der Waals surface area contributed by atoms with Crippen LogP contribution in [0.3, 0.4) is 0 Å². The fourth-order valence-corrected chi connectivity index (χ4v) is 4.86.